The van der Waals surface area contributed by atoms with Crippen LogP contribution in [0.1, 0.15) is 50.6 Å². The highest BCUT2D eigenvalue weighted by Gasteiger charge is 2.22. The fourth-order valence-corrected chi connectivity index (χ4v) is 1.67. The van der Waals surface area contributed by atoms with E-state index in [9.17, 15) is 9.59 Å². The lowest BCUT2D eigenvalue weighted by Crippen LogP contribution is -2.41. The predicted molar refractivity (Wildman–Crippen MR) is 71.0 cm³/mol. The first-order valence-electron chi connectivity index (χ1n) is 6.40. The van der Waals surface area contributed by atoms with Crippen molar-refractivity contribution in [2.45, 2.75) is 46.2 Å². The highest BCUT2D eigenvalue weighted by atomic mass is 16.4. The zero-order valence-electron chi connectivity index (χ0n) is 11.8. The van der Waals surface area contributed by atoms with Crippen LogP contribution in [-0.4, -0.2) is 32.8 Å². The van der Waals surface area contributed by atoms with Crippen molar-refractivity contribution in [2.24, 2.45) is 5.92 Å². The summed E-state index contributed by atoms with van der Waals surface area (Å²) in [6.07, 6.45) is 2.10. The Morgan fingerprint density at radius 1 is 1.37 bits per heavy atom. The molecule has 1 aromatic heterocycles. The van der Waals surface area contributed by atoms with Crippen molar-refractivity contribution in [1.29, 1.82) is 0 Å². The Morgan fingerprint density at radius 3 is 2.42 bits per heavy atom. The fraction of sp³-hybridized carbons (Fsp3) is 0.615. The van der Waals surface area contributed by atoms with Crippen molar-refractivity contribution in [3.63, 3.8) is 0 Å². The summed E-state index contributed by atoms with van der Waals surface area (Å²) in [4.78, 5) is 23.0. The molecule has 1 atom stereocenters. The van der Waals surface area contributed by atoms with Crippen LogP contribution in [0.2, 0.25) is 0 Å². The number of carbonyl (C=O) groups is 2. The number of aliphatic carboxylic acids is 1. The van der Waals surface area contributed by atoms with Crippen LogP contribution in [0.3, 0.4) is 0 Å². The van der Waals surface area contributed by atoms with Crippen LogP contribution in [0.4, 0.5) is 0 Å². The van der Waals surface area contributed by atoms with E-state index >= 15 is 0 Å². The van der Waals surface area contributed by atoms with E-state index in [0.717, 1.165) is 0 Å². The predicted octanol–water partition coefficient (Wildman–Crippen LogP) is 1.69. The molecule has 0 saturated carbocycles. The molecule has 0 fully saturated rings. The van der Waals surface area contributed by atoms with Crippen molar-refractivity contribution in [1.82, 2.24) is 15.1 Å². The maximum Gasteiger partial charge on any atom is 0.326 e. The van der Waals surface area contributed by atoms with E-state index < -0.39 is 17.9 Å². The van der Waals surface area contributed by atoms with E-state index in [4.69, 9.17) is 5.11 Å². The molecule has 0 aliphatic rings. The number of rotatable bonds is 6. The Hall–Kier alpha value is -1.85. The van der Waals surface area contributed by atoms with Crippen molar-refractivity contribution >= 4 is 11.9 Å². The number of aromatic nitrogens is 2. The molecule has 0 bridgehead atoms. The maximum atomic E-state index is 11.9. The number of carboxylic acids is 1. The van der Waals surface area contributed by atoms with Gasteiger partial charge >= 0.3 is 5.97 Å². The van der Waals surface area contributed by atoms with Gasteiger partial charge in [0.15, 0.2) is 0 Å². The van der Waals surface area contributed by atoms with Crippen molar-refractivity contribution < 1.29 is 14.7 Å². The molecule has 0 aromatic carbocycles. The van der Waals surface area contributed by atoms with Crippen LogP contribution < -0.4 is 5.32 Å². The molecular formula is C13H21N3O3. The third-order valence-corrected chi connectivity index (χ3v) is 2.68. The summed E-state index contributed by atoms with van der Waals surface area (Å²) in [7, 11) is 0. The summed E-state index contributed by atoms with van der Waals surface area (Å²) in [5.74, 6) is -1.28. The van der Waals surface area contributed by atoms with Gasteiger partial charge in [-0.1, -0.05) is 13.8 Å². The van der Waals surface area contributed by atoms with Gasteiger partial charge in [-0.05, 0) is 32.3 Å². The van der Waals surface area contributed by atoms with E-state index in [1.807, 2.05) is 27.7 Å². The third-order valence-electron chi connectivity index (χ3n) is 2.68. The number of hydrogen-bond acceptors (Lipinski definition) is 3. The normalized spacial score (nSPS) is 12.7. The Balaban J connectivity index is 2.73. The van der Waals surface area contributed by atoms with E-state index in [0.29, 0.717) is 6.42 Å². The molecular weight excluding hydrogens is 246 g/mol. The summed E-state index contributed by atoms with van der Waals surface area (Å²) in [5.41, 5.74) is 0.240. The van der Waals surface area contributed by atoms with Crippen LogP contribution in [0.25, 0.3) is 0 Å². The Bertz CT molecular complexity index is 452. The topological polar surface area (TPSA) is 84.2 Å². The lowest BCUT2D eigenvalue weighted by Gasteiger charge is -2.15. The van der Waals surface area contributed by atoms with Gasteiger partial charge in [-0.3, -0.25) is 9.48 Å². The molecule has 19 heavy (non-hydrogen) atoms. The van der Waals surface area contributed by atoms with Crippen molar-refractivity contribution in [3.8, 4) is 0 Å². The van der Waals surface area contributed by atoms with Gasteiger partial charge in [0, 0.05) is 12.2 Å². The smallest absolute Gasteiger partial charge is 0.326 e. The zero-order valence-corrected chi connectivity index (χ0v) is 11.8. The molecule has 1 aromatic rings. The number of hydrogen-bond donors (Lipinski definition) is 2. The average Bonchev–Trinajstić information content (AvgIpc) is 2.76. The molecule has 0 spiro atoms. The Labute approximate surface area is 112 Å². The van der Waals surface area contributed by atoms with Gasteiger partial charge < -0.3 is 10.4 Å². The molecule has 1 amide bonds. The minimum Gasteiger partial charge on any atom is -0.480 e. The minimum atomic E-state index is -1.02. The molecule has 0 aliphatic carbocycles. The van der Waals surface area contributed by atoms with Gasteiger partial charge in [-0.15, -0.1) is 0 Å². The maximum absolute atomic E-state index is 11.9. The molecule has 106 valence electrons. The molecule has 2 N–H and O–H groups in total. The SMILES string of the molecule is CC(C)C[C@@H](NC(=O)c1ccn(C(C)C)n1)C(=O)O. The number of carbonyl (C=O) groups excluding carboxylic acids is 1. The fourth-order valence-electron chi connectivity index (χ4n) is 1.67. The number of nitrogens with one attached hydrogen (secondary N) is 1. The highest BCUT2D eigenvalue weighted by Crippen LogP contribution is 2.07. The number of nitrogens with zero attached hydrogens (tertiary/aromatic N) is 2. The van der Waals surface area contributed by atoms with Crippen molar-refractivity contribution in [2.75, 3.05) is 0 Å². The summed E-state index contributed by atoms with van der Waals surface area (Å²) in [6.45, 7) is 7.73. The molecule has 1 rings (SSSR count). The van der Waals surface area contributed by atoms with Gasteiger partial charge in [0.25, 0.3) is 5.91 Å². The van der Waals surface area contributed by atoms with E-state index in [1.54, 1.807) is 16.9 Å². The lowest BCUT2D eigenvalue weighted by molar-refractivity contribution is -0.139. The van der Waals surface area contributed by atoms with E-state index in [-0.39, 0.29) is 17.7 Å². The van der Waals surface area contributed by atoms with Gasteiger partial charge in [0.2, 0.25) is 0 Å². The molecule has 1 heterocycles. The second-order valence-corrected chi connectivity index (χ2v) is 5.27. The molecule has 6 nitrogen and oxygen atoms in total. The molecule has 0 radical (unpaired) electrons. The minimum absolute atomic E-state index is 0.160. The largest absolute Gasteiger partial charge is 0.480 e. The van der Waals surface area contributed by atoms with Gasteiger partial charge in [0.05, 0.1) is 0 Å². The monoisotopic (exact) mass is 267 g/mol. The quantitative estimate of drug-likeness (QED) is 0.821. The van der Waals surface area contributed by atoms with E-state index in [2.05, 4.69) is 10.4 Å². The molecule has 6 heteroatoms. The van der Waals surface area contributed by atoms with Gasteiger partial charge in [0.1, 0.15) is 11.7 Å². The van der Waals surface area contributed by atoms with Crippen LogP contribution in [-0.2, 0) is 4.79 Å². The number of carboxylic acid groups (broad SMARTS) is 1. The summed E-state index contributed by atoms with van der Waals surface area (Å²) in [6, 6.07) is 0.869. The average molecular weight is 267 g/mol. The molecule has 0 saturated heterocycles. The molecule has 0 unspecified atom stereocenters. The highest BCUT2D eigenvalue weighted by molar-refractivity contribution is 5.94. The Morgan fingerprint density at radius 2 is 2.00 bits per heavy atom. The first-order chi connectivity index (χ1) is 8.81. The van der Waals surface area contributed by atoms with Gasteiger partial charge in [-0.2, -0.15) is 5.10 Å². The summed E-state index contributed by atoms with van der Waals surface area (Å²) >= 11 is 0. The van der Waals surface area contributed by atoms with Gasteiger partial charge in [-0.25, -0.2) is 4.79 Å². The molecule has 0 aliphatic heterocycles. The third kappa shape index (κ3) is 4.39. The zero-order chi connectivity index (χ0) is 14.6. The van der Waals surface area contributed by atoms with E-state index in [1.165, 1.54) is 0 Å². The first-order valence-corrected chi connectivity index (χ1v) is 6.40. The number of amides is 1. The first kappa shape index (κ1) is 15.2. The Kier molecular flexibility index (Phi) is 5.09. The second kappa shape index (κ2) is 6.36. The lowest BCUT2D eigenvalue weighted by atomic mass is 10.0. The van der Waals surface area contributed by atoms with Crippen LogP contribution in [0, 0.1) is 5.92 Å². The van der Waals surface area contributed by atoms with Crippen molar-refractivity contribution in [3.05, 3.63) is 18.0 Å². The summed E-state index contributed by atoms with van der Waals surface area (Å²) in [5, 5.41) is 15.7. The van der Waals surface area contributed by atoms with Crippen LogP contribution >= 0.6 is 0 Å². The van der Waals surface area contributed by atoms with Crippen LogP contribution in [0.15, 0.2) is 12.3 Å². The van der Waals surface area contributed by atoms with Crippen LogP contribution in [0.5, 0.6) is 0 Å². The standard InChI is InChI=1S/C13H21N3O3/c1-8(2)7-11(13(18)19)14-12(17)10-5-6-16(15-10)9(3)4/h5-6,8-9,11H,7H2,1-4H3,(H,14,17)(H,18,19)/t11-/m1/s1. The second-order valence-electron chi connectivity index (χ2n) is 5.27. The summed E-state index contributed by atoms with van der Waals surface area (Å²) < 4.78 is 1.66.